The van der Waals surface area contributed by atoms with Crippen molar-refractivity contribution < 1.29 is 17.9 Å². The molecule has 1 fully saturated rings. The SMILES string of the molecule is CCCNS(=O)(=O)c1cccc(C(=O)NCCN2CCOCC2)c1. The van der Waals surface area contributed by atoms with Gasteiger partial charge in [0.25, 0.3) is 5.91 Å². The van der Waals surface area contributed by atoms with E-state index >= 15 is 0 Å². The summed E-state index contributed by atoms with van der Waals surface area (Å²) in [6.45, 7) is 6.71. The molecule has 8 heteroatoms. The molecule has 1 aliphatic rings. The van der Waals surface area contributed by atoms with Gasteiger partial charge in [-0.1, -0.05) is 13.0 Å². The van der Waals surface area contributed by atoms with Crippen LogP contribution in [0.1, 0.15) is 23.7 Å². The maximum atomic E-state index is 12.2. The van der Waals surface area contributed by atoms with Crippen molar-refractivity contribution >= 4 is 15.9 Å². The van der Waals surface area contributed by atoms with E-state index in [0.717, 1.165) is 32.8 Å². The van der Waals surface area contributed by atoms with Crippen LogP contribution < -0.4 is 10.0 Å². The molecule has 1 saturated heterocycles. The van der Waals surface area contributed by atoms with Crippen molar-refractivity contribution in [1.29, 1.82) is 0 Å². The first kappa shape index (κ1) is 18.9. The summed E-state index contributed by atoms with van der Waals surface area (Å²) >= 11 is 0. The summed E-state index contributed by atoms with van der Waals surface area (Å²) in [5.74, 6) is -0.268. The Kier molecular flexibility index (Phi) is 7.16. The van der Waals surface area contributed by atoms with Crippen LogP contribution in [-0.2, 0) is 14.8 Å². The van der Waals surface area contributed by atoms with Crippen LogP contribution in [0.2, 0.25) is 0 Å². The summed E-state index contributed by atoms with van der Waals surface area (Å²) < 4.78 is 32.0. The summed E-state index contributed by atoms with van der Waals surface area (Å²) in [4.78, 5) is 14.5. The van der Waals surface area contributed by atoms with Gasteiger partial charge in [-0.15, -0.1) is 0 Å². The first-order chi connectivity index (χ1) is 11.5. The third-order valence-corrected chi connectivity index (χ3v) is 5.22. The molecule has 0 aromatic heterocycles. The minimum Gasteiger partial charge on any atom is -0.379 e. The predicted molar refractivity (Wildman–Crippen MR) is 91.5 cm³/mol. The summed E-state index contributed by atoms with van der Waals surface area (Å²) in [7, 11) is -3.57. The fraction of sp³-hybridized carbons (Fsp3) is 0.562. The van der Waals surface area contributed by atoms with Crippen molar-refractivity contribution in [3.63, 3.8) is 0 Å². The quantitative estimate of drug-likeness (QED) is 0.706. The van der Waals surface area contributed by atoms with Gasteiger partial charge < -0.3 is 10.1 Å². The number of carbonyl (C=O) groups is 1. The van der Waals surface area contributed by atoms with E-state index < -0.39 is 10.0 Å². The second-order valence-corrected chi connectivity index (χ2v) is 7.40. The van der Waals surface area contributed by atoms with Gasteiger partial charge in [0.15, 0.2) is 0 Å². The molecule has 134 valence electrons. The first-order valence-electron chi connectivity index (χ1n) is 8.21. The molecular formula is C16H25N3O4S. The number of sulfonamides is 1. The first-order valence-corrected chi connectivity index (χ1v) is 9.69. The minimum atomic E-state index is -3.57. The van der Waals surface area contributed by atoms with Crippen LogP contribution in [0.15, 0.2) is 29.2 Å². The molecule has 0 unspecified atom stereocenters. The molecule has 1 aromatic carbocycles. The van der Waals surface area contributed by atoms with E-state index in [4.69, 9.17) is 4.74 Å². The fourth-order valence-corrected chi connectivity index (χ4v) is 3.56. The van der Waals surface area contributed by atoms with Crippen molar-refractivity contribution in [3.8, 4) is 0 Å². The number of nitrogens with one attached hydrogen (secondary N) is 2. The van der Waals surface area contributed by atoms with Gasteiger partial charge in [0.1, 0.15) is 0 Å². The van der Waals surface area contributed by atoms with Crippen LogP contribution in [0.5, 0.6) is 0 Å². The molecule has 0 bridgehead atoms. The highest BCUT2D eigenvalue weighted by Gasteiger charge is 2.16. The standard InChI is InChI=1S/C16H25N3O4S/c1-2-6-18-24(21,22)15-5-3-4-14(13-15)16(20)17-7-8-19-9-11-23-12-10-19/h3-5,13,18H,2,6-12H2,1H3,(H,17,20). The molecule has 0 radical (unpaired) electrons. The van der Waals surface area contributed by atoms with Crippen molar-refractivity contribution in [2.75, 3.05) is 45.9 Å². The maximum absolute atomic E-state index is 12.2. The van der Waals surface area contributed by atoms with E-state index in [1.54, 1.807) is 12.1 Å². The van der Waals surface area contributed by atoms with Gasteiger partial charge >= 0.3 is 0 Å². The van der Waals surface area contributed by atoms with Gasteiger partial charge in [-0.2, -0.15) is 0 Å². The molecular weight excluding hydrogens is 330 g/mol. The number of hydrogen-bond donors (Lipinski definition) is 2. The molecule has 0 saturated carbocycles. The Bertz CT molecular complexity index is 642. The van der Waals surface area contributed by atoms with Crippen molar-refractivity contribution in [3.05, 3.63) is 29.8 Å². The van der Waals surface area contributed by atoms with Crippen molar-refractivity contribution in [1.82, 2.24) is 14.9 Å². The zero-order valence-corrected chi connectivity index (χ0v) is 14.8. The lowest BCUT2D eigenvalue weighted by Crippen LogP contribution is -2.41. The van der Waals surface area contributed by atoms with Gasteiger partial charge in [0, 0.05) is 38.3 Å². The highest BCUT2D eigenvalue weighted by Crippen LogP contribution is 2.11. The van der Waals surface area contributed by atoms with Crippen LogP contribution in [0.25, 0.3) is 0 Å². The molecule has 0 aliphatic carbocycles. The zero-order chi connectivity index (χ0) is 17.4. The lowest BCUT2D eigenvalue weighted by Gasteiger charge is -2.26. The average molecular weight is 355 g/mol. The predicted octanol–water partition coefficient (Wildman–Crippen LogP) is 0.437. The smallest absolute Gasteiger partial charge is 0.251 e. The third-order valence-electron chi connectivity index (χ3n) is 3.77. The van der Waals surface area contributed by atoms with E-state index in [2.05, 4.69) is 14.9 Å². The second kappa shape index (κ2) is 9.12. The molecule has 1 heterocycles. The third kappa shape index (κ3) is 5.55. The fourth-order valence-electron chi connectivity index (χ4n) is 2.38. The number of benzene rings is 1. The second-order valence-electron chi connectivity index (χ2n) is 5.64. The van der Waals surface area contributed by atoms with Crippen LogP contribution in [0.4, 0.5) is 0 Å². The Morgan fingerprint density at radius 3 is 2.71 bits per heavy atom. The Balaban J connectivity index is 1.91. The molecule has 0 spiro atoms. The summed E-state index contributed by atoms with van der Waals surface area (Å²) in [5.41, 5.74) is 0.344. The number of morpholine rings is 1. The molecule has 2 rings (SSSR count). The monoisotopic (exact) mass is 355 g/mol. The minimum absolute atomic E-state index is 0.108. The number of ether oxygens (including phenoxy) is 1. The number of amides is 1. The highest BCUT2D eigenvalue weighted by atomic mass is 32.2. The lowest BCUT2D eigenvalue weighted by molar-refractivity contribution is 0.0383. The number of rotatable bonds is 8. The summed E-state index contributed by atoms with van der Waals surface area (Å²) in [5, 5.41) is 2.83. The Labute approximate surface area is 143 Å². The lowest BCUT2D eigenvalue weighted by atomic mass is 10.2. The zero-order valence-electron chi connectivity index (χ0n) is 14.0. The molecule has 1 aromatic rings. The topological polar surface area (TPSA) is 87.7 Å². The Morgan fingerprint density at radius 1 is 1.25 bits per heavy atom. The van der Waals surface area contributed by atoms with Gasteiger partial charge in [-0.05, 0) is 24.6 Å². The van der Waals surface area contributed by atoms with E-state index in [-0.39, 0.29) is 10.8 Å². The maximum Gasteiger partial charge on any atom is 0.251 e. The molecule has 7 nitrogen and oxygen atoms in total. The van der Waals surface area contributed by atoms with E-state index in [1.165, 1.54) is 12.1 Å². The highest BCUT2D eigenvalue weighted by molar-refractivity contribution is 7.89. The van der Waals surface area contributed by atoms with E-state index in [1.807, 2.05) is 6.92 Å². The van der Waals surface area contributed by atoms with Crippen LogP contribution >= 0.6 is 0 Å². The van der Waals surface area contributed by atoms with Gasteiger partial charge in [-0.3, -0.25) is 9.69 Å². The average Bonchev–Trinajstić information content (AvgIpc) is 2.61. The van der Waals surface area contributed by atoms with E-state index in [9.17, 15) is 13.2 Å². The molecule has 0 atom stereocenters. The molecule has 1 amide bonds. The number of hydrogen-bond acceptors (Lipinski definition) is 5. The van der Waals surface area contributed by atoms with Crippen LogP contribution in [0, 0.1) is 0 Å². The van der Waals surface area contributed by atoms with Crippen LogP contribution in [0.3, 0.4) is 0 Å². The normalized spacial score (nSPS) is 16.0. The van der Waals surface area contributed by atoms with Crippen molar-refractivity contribution in [2.24, 2.45) is 0 Å². The Morgan fingerprint density at radius 2 is 2.00 bits per heavy atom. The largest absolute Gasteiger partial charge is 0.379 e. The number of nitrogens with zero attached hydrogens (tertiary/aromatic N) is 1. The van der Waals surface area contributed by atoms with Gasteiger partial charge in [0.2, 0.25) is 10.0 Å². The molecule has 24 heavy (non-hydrogen) atoms. The van der Waals surface area contributed by atoms with Gasteiger partial charge in [-0.25, -0.2) is 13.1 Å². The van der Waals surface area contributed by atoms with Crippen molar-refractivity contribution in [2.45, 2.75) is 18.2 Å². The summed E-state index contributed by atoms with van der Waals surface area (Å²) in [6, 6.07) is 6.09. The molecule has 1 aliphatic heterocycles. The van der Waals surface area contributed by atoms with Crippen LogP contribution in [-0.4, -0.2) is 65.2 Å². The summed E-state index contributed by atoms with van der Waals surface area (Å²) in [6.07, 6.45) is 0.709. The molecule has 2 N–H and O–H groups in total. The number of carbonyl (C=O) groups excluding carboxylic acids is 1. The van der Waals surface area contributed by atoms with E-state index in [0.29, 0.717) is 25.1 Å². The Hall–Kier alpha value is -1.48. The van der Waals surface area contributed by atoms with Gasteiger partial charge in [0.05, 0.1) is 18.1 Å².